The molecule has 0 bridgehead atoms. The van der Waals surface area contributed by atoms with Gasteiger partial charge in [-0.15, -0.1) is 0 Å². The second kappa shape index (κ2) is 8.58. The number of aromatic nitrogens is 3. The highest BCUT2D eigenvalue weighted by Crippen LogP contribution is 2.24. The smallest absolute Gasteiger partial charge is 0.276 e. The molecule has 0 aliphatic rings. The summed E-state index contributed by atoms with van der Waals surface area (Å²) in [5.74, 6) is -2.50. The highest BCUT2D eigenvalue weighted by atomic mass is 19.1. The Morgan fingerprint density at radius 1 is 1.03 bits per heavy atom. The van der Waals surface area contributed by atoms with Crippen LogP contribution in [0.3, 0.4) is 0 Å². The fourth-order valence-electron chi connectivity index (χ4n) is 3.46. The molecular formula is C24H20F2N4O2. The standard InChI is InChI=1S/C24H20F2N4O2/c1-15-11-22(31)30(13-16-7-4-3-5-8-16)14-17(15)21-12-20(28-29(21)2)24(32)27-23-18(25)9-6-10-19(23)26/h3-12,14H,13H2,1-2H3,(H,27,32). The average Bonchev–Trinajstić information content (AvgIpc) is 3.15. The Bertz CT molecular complexity index is 1340. The number of benzene rings is 2. The minimum atomic E-state index is -0.877. The molecular weight excluding hydrogens is 414 g/mol. The largest absolute Gasteiger partial charge is 0.316 e. The Labute approximate surface area is 182 Å². The first-order valence-corrected chi connectivity index (χ1v) is 9.88. The van der Waals surface area contributed by atoms with Gasteiger partial charge in [0.05, 0.1) is 12.2 Å². The molecule has 2 aromatic heterocycles. The van der Waals surface area contributed by atoms with Crippen molar-refractivity contribution in [2.24, 2.45) is 7.05 Å². The lowest BCUT2D eigenvalue weighted by Gasteiger charge is -2.11. The minimum absolute atomic E-state index is 0.00892. The van der Waals surface area contributed by atoms with Crippen LogP contribution in [0, 0.1) is 18.6 Å². The highest BCUT2D eigenvalue weighted by Gasteiger charge is 2.19. The van der Waals surface area contributed by atoms with Crippen LogP contribution in [-0.4, -0.2) is 20.3 Å². The van der Waals surface area contributed by atoms with Gasteiger partial charge in [0, 0.05) is 24.9 Å². The molecule has 4 rings (SSSR count). The van der Waals surface area contributed by atoms with E-state index in [1.54, 1.807) is 24.7 Å². The van der Waals surface area contributed by atoms with Gasteiger partial charge in [-0.3, -0.25) is 14.3 Å². The van der Waals surface area contributed by atoms with Crippen LogP contribution in [0.15, 0.2) is 71.7 Å². The third kappa shape index (κ3) is 4.20. The zero-order valence-electron chi connectivity index (χ0n) is 17.5. The first kappa shape index (κ1) is 21.2. The molecule has 162 valence electrons. The highest BCUT2D eigenvalue weighted by molar-refractivity contribution is 6.03. The molecule has 32 heavy (non-hydrogen) atoms. The van der Waals surface area contributed by atoms with E-state index in [0.717, 1.165) is 23.3 Å². The van der Waals surface area contributed by atoms with Gasteiger partial charge in [0.25, 0.3) is 11.5 Å². The average molecular weight is 434 g/mol. The van der Waals surface area contributed by atoms with E-state index in [-0.39, 0.29) is 11.3 Å². The summed E-state index contributed by atoms with van der Waals surface area (Å²) in [5.41, 5.74) is 2.30. The number of nitrogens with one attached hydrogen (secondary N) is 1. The van der Waals surface area contributed by atoms with Crippen LogP contribution in [0.4, 0.5) is 14.5 Å². The van der Waals surface area contributed by atoms with Gasteiger partial charge in [0.2, 0.25) is 0 Å². The number of para-hydroxylation sites is 1. The number of carbonyl (C=O) groups is 1. The molecule has 2 aromatic carbocycles. The molecule has 0 aliphatic heterocycles. The van der Waals surface area contributed by atoms with Crippen LogP contribution in [0.5, 0.6) is 0 Å². The molecule has 1 N–H and O–H groups in total. The summed E-state index contributed by atoms with van der Waals surface area (Å²) in [5, 5.41) is 6.43. The molecule has 0 fully saturated rings. The Hall–Kier alpha value is -4.07. The van der Waals surface area contributed by atoms with Gasteiger partial charge in [-0.1, -0.05) is 36.4 Å². The molecule has 0 atom stereocenters. The molecule has 0 spiro atoms. The van der Waals surface area contributed by atoms with Gasteiger partial charge in [-0.2, -0.15) is 5.10 Å². The third-order valence-electron chi connectivity index (χ3n) is 5.12. The number of nitrogens with zero attached hydrogens (tertiary/aromatic N) is 3. The van der Waals surface area contributed by atoms with E-state index in [0.29, 0.717) is 17.8 Å². The fraction of sp³-hybridized carbons (Fsp3) is 0.125. The van der Waals surface area contributed by atoms with Crippen LogP contribution < -0.4 is 10.9 Å². The number of aryl methyl sites for hydroxylation is 2. The molecule has 4 aromatic rings. The Morgan fingerprint density at radius 3 is 2.41 bits per heavy atom. The van der Waals surface area contributed by atoms with E-state index in [9.17, 15) is 18.4 Å². The predicted molar refractivity (Wildman–Crippen MR) is 117 cm³/mol. The van der Waals surface area contributed by atoms with Crippen LogP contribution in [0.2, 0.25) is 0 Å². The minimum Gasteiger partial charge on any atom is -0.316 e. The molecule has 2 heterocycles. The lowest BCUT2D eigenvalue weighted by atomic mass is 10.1. The molecule has 0 radical (unpaired) electrons. The zero-order chi connectivity index (χ0) is 22.8. The number of anilines is 1. The molecule has 1 amide bonds. The van der Waals surface area contributed by atoms with E-state index < -0.39 is 23.2 Å². The van der Waals surface area contributed by atoms with Crippen LogP contribution >= 0.6 is 0 Å². The van der Waals surface area contributed by atoms with Gasteiger partial charge in [-0.25, -0.2) is 8.78 Å². The number of hydrogen-bond donors (Lipinski definition) is 1. The maximum Gasteiger partial charge on any atom is 0.276 e. The summed E-state index contributed by atoms with van der Waals surface area (Å²) in [6.07, 6.45) is 1.72. The van der Waals surface area contributed by atoms with Gasteiger partial charge in [0.1, 0.15) is 17.3 Å². The first-order valence-electron chi connectivity index (χ1n) is 9.88. The summed E-state index contributed by atoms with van der Waals surface area (Å²) in [6.45, 7) is 2.19. The lowest BCUT2D eigenvalue weighted by Crippen LogP contribution is -2.20. The van der Waals surface area contributed by atoms with Crippen LogP contribution in [0.25, 0.3) is 11.3 Å². The second-order valence-electron chi connectivity index (χ2n) is 7.41. The van der Waals surface area contributed by atoms with Crippen molar-refractivity contribution in [1.29, 1.82) is 0 Å². The quantitative estimate of drug-likeness (QED) is 0.513. The van der Waals surface area contributed by atoms with E-state index in [1.165, 1.54) is 22.9 Å². The molecule has 0 unspecified atom stereocenters. The van der Waals surface area contributed by atoms with Gasteiger partial charge < -0.3 is 9.88 Å². The van der Waals surface area contributed by atoms with Crippen molar-refractivity contribution in [2.75, 3.05) is 5.32 Å². The second-order valence-corrected chi connectivity index (χ2v) is 7.41. The van der Waals surface area contributed by atoms with E-state index >= 15 is 0 Å². The third-order valence-corrected chi connectivity index (χ3v) is 5.12. The maximum atomic E-state index is 13.9. The number of hydrogen-bond acceptors (Lipinski definition) is 3. The number of rotatable bonds is 5. The van der Waals surface area contributed by atoms with Gasteiger partial charge in [0.15, 0.2) is 5.69 Å². The predicted octanol–water partition coefficient (Wildman–Crippen LogP) is 4.14. The summed E-state index contributed by atoms with van der Waals surface area (Å²) in [6, 6.07) is 16.0. The van der Waals surface area contributed by atoms with Crippen LogP contribution in [0.1, 0.15) is 21.6 Å². The van der Waals surface area contributed by atoms with Crippen molar-refractivity contribution in [3.05, 3.63) is 106 Å². The monoisotopic (exact) mass is 434 g/mol. The summed E-state index contributed by atoms with van der Waals surface area (Å²) >= 11 is 0. The number of halogens is 2. The molecule has 0 saturated heterocycles. The van der Waals surface area contributed by atoms with Crippen molar-refractivity contribution >= 4 is 11.6 Å². The SMILES string of the molecule is Cc1cc(=O)n(Cc2ccccc2)cc1-c1cc(C(=O)Nc2c(F)cccc2F)nn1C. The van der Waals surface area contributed by atoms with Gasteiger partial charge >= 0.3 is 0 Å². The fourth-order valence-corrected chi connectivity index (χ4v) is 3.46. The summed E-state index contributed by atoms with van der Waals surface area (Å²) in [4.78, 5) is 25.1. The topological polar surface area (TPSA) is 68.9 Å². The van der Waals surface area contributed by atoms with Crippen molar-refractivity contribution in [2.45, 2.75) is 13.5 Å². The van der Waals surface area contributed by atoms with Crippen molar-refractivity contribution in [3.63, 3.8) is 0 Å². The van der Waals surface area contributed by atoms with E-state index in [2.05, 4.69) is 10.4 Å². The summed E-state index contributed by atoms with van der Waals surface area (Å²) < 4.78 is 30.8. The zero-order valence-corrected chi connectivity index (χ0v) is 17.5. The summed E-state index contributed by atoms with van der Waals surface area (Å²) in [7, 11) is 1.65. The first-order chi connectivity index (χ1) is 15.3. The Morgan fingerprint density at radius 2 is 1.72 bits per heavy atom. The normalized spacial score (nSPS) is 10.9. The Balaban J connectivity index is 1.67. The van der Waals surface area contributed by atoms with Crippen molar-refractivity contribution in [1.82, 2.24) is 14.3 Å². The van der Waals surface area contributed by atoms with E-state index in [4.69, 9.17) is 0 Å². The van der Waals surface area contributed by atoms with Crippen molar-refractivity contribution in [3.8, 4) is 11.3 Å². The van der Waals surface area contributed by atoms with E-state index in [1.807, 2.05) is 30.3 Å². The molecule has 8 heteroatoms. The lowest BCUT2D eigenvalue weighted by molar-refractivity contribution is 0.102. The molecule has 0 aliphatic carbocycles. The number of carbonyl (C=O) groups excluding carboxylic acids is 1. The Kier molecular flexibility index (Phi) is 5.68. The number of pyridine rings is 1. The van der Waals surface area contributed by atoms with Crippen molar-refractivity contribution < 1.29 is 13.6 Å². The number of amides is 1. The maximum absolute atomic E-state index is 13.9. The molecule has 0 saturated carbocycles. The molecule has 6 nitrogen and oxygen atoms in total. The van der Waals surface area contributed by atoms with Gasteiger partial charge in [-0.05, 0) is 36.2 Å². The van der Waals surface area contributed by atoms with Crippen LogP contribution in [-0.2, 0) is 13.6 Å².